The summed E-state index contributed by atoms with van der Waals surface area (Å²) in [6.45, 7) is 5.71. The normalized spacial score (nSPS) is 23.9. The number of hydrogen-bond acceptors (Lipinski definition) is 4. The van der Waals surface area contributed by atoms with Gasteiger partial charge in [-0.05, 0) is 17.5 Å². The number of nitrogens with zero attached hydrogens (tertiary/aromatic N) is 2. The number of likely N-dealkylation sites (tertiary alicyclic amines) is 1. The van der Waals surface area contributed by atoms with Gasteiger partial charge in [0.15, 0.2) is 5.78 Å². The summed E-state index contributed by atoms with van der Waals surface area (Å²) in [7, 11) is 0. The van der Waals surface area contributed by atoms with Crippen molar-refractivity contribution < 1.29 is 4.79 Å². The lowest BCUT2D eigenvalue weighted by atomic mass is 9.91. The molecule has 0 radical (unpaired) electrons. The molecule has 4 heteroatoms. The summed E-state index contributed by atoms with van der Waals surface area (Å²) in [5.74, 6) is 0.352. The van der Waals surface area contributed by atoms with E-state index in [2.05, 4.69) is 75.8 Å². The minimum atomic E-state index is 0.00347. The van der Waals surface area contributed by atoms with Crippen molar-refractivity contribution in [2.45, 2.75) is 38.0 Å². The molecule has 4 nitrogen and oxygen atoms in total. The van der Waals surface area contributed by atoms with Gasteiger partial charge in [-0.1, -0.05) is 67.6 Å². The van der Waals surface area contributed by atoms with Crippen LogP contribution in [0, 0.1) is 0 Å². The fourth-order valence-electron chi connectivity index (χ4n) is 4.51. The second-order valence-electron chi connectivity index (χ2n) is 7.51. The van der Waals surface area contributed by atoms with Crippen LogP contribution in [0.3, 0.4) is 0 Å². The molecule has 2 aromatic rings. The van der Waals surface area contributed by atoms with Crippen molar-refractivity contribution in [3.05, 3.63) is 71.8 Å². The van der Waals surface area contributed by atoms with Crippen molar-refractivity contribution in [2.75, 3.05) is 26.2 Å². The Morgan fingerprint density at radius 3 is 2.19 bits per heavy atom. The molecule has 0 aliphatic carbocycles. The van der Waals surface area contributed by atoms with Crippen LogP contribution in [-0.2, 0) is 4.79 Å². The summed E-state index contributed by atoms with van der Waals surface area (Å²) in [4.78, 5) is 17.6. The second kappa shape index (κ2) is 8.34. The molecule has 0 amide bonds. The quantitative estimate of drug-likeness (QED) is 0.856. The van der Waals surface area contributed by atoms with Crippen molar-refractivity contribution in [2.24, 2.45) is 0 Å². The molecule has 2 unspecified atom stereocenters. The number of nitrogens with one attached hydrogen (secondary N) is 1. The number of carbonyl (C=O) groups is 1. The smallest absolute Gasteiger partial charge is 0.151 e. The molecule has 2 aliphatic rings. The SMILES string of the molecule is CCC(=O)C1CNCCN1C1CCN1C(c1ccccc1)c1ccccc1. The minimum absolute atomic E-state index is 0.00347. The third kappa shape index (κ3) is 3.70. The highest BCUT2D eigenvalue weighted by Gasteiger charge is 2.43. The zero-order valence-corrected chi connectivity index (χ0v) is 16.1. The van der Waals surface area contributed by atoms with E-state index in [1.807, 2.05) is 6.92 Å². The number of carbonyl (C=O) groups excluding carboxylic acids is 1. The van der Waals surface area contributed by atoms with E-state index in [4.69, 9.17) is 0 Å². The highest BCUT2D eigenvalue weighted by molar-refractivity contribution is 5.84. The summed E-state index contributed by atoms with van der Waals surface area (Å²) in [6.07, 6.45) is 2.07. The second-order valence-corrected chi connectivity index (χ2v) is 7.51. The lowest BCUT2D eigenvalue weighted by Gasteiger charge is -2.54. The van der Waals surface area contributed by atoms with Gasteiger partial charge in [0, 0.05) is 32.6 Å². The van der Waals surface area contributed by atoms with Crippen LogP contribution in [0.2, 0.25) is 0 Å². The molecule has 142 valence electrons. The molecule has 2 aliphatic heterocycles. The van der Waals surface area contributed by atoms with E-state index in [-0.39, 0.29) is 12.1 Å². The van der Waals surface area contributed by atoms with Gasteiger partial charge in [0.05, 0.1) is 18.2 Å². The monoisotopic (exact) mass is 363 g/mol. The molecular weight excluding hydrogens is 334 g/mol. The first kappa shape index (κ1) is 18.4. The molecule has 2 atom stereocenters. The molecule has 2 saturated heterocycles. The van der Waals surface area contributed by atoms with Gasteiger partial charge in [-0.15, -0.1) is 0 Å². The molecule has 0 spiro atoms. The Labute approximate surface area is 162 Å². The average molecular weight is 364 g/mol. The third-order valence-corrected chi connectivity index (χ3v) is 5.98. The van der Waals surface area contributed by atoms with Crippen LogP contribution in [-0.4, -0.2) is 54.0 Å². The predicted octanol–water partition coefficient (Wildman–Crippen LogP) is 3.06. The molecule has 4 rings (SSSR count). The standard InChI is InChI=1S/C23H29N3O/c1-2-21(27)20-17-24-14-16-25(20)22-13-15-26(22)23(18-9-5-3-6-10-18)19-11-7-4-8-12-19/h3-12,20,22-24H,2,13-17H2,1H3. The van der Waals surface area contributed by atoms with Gasteiger partial charge in [0.1, 0.15) is 0 Å². The van der Waals surface area contributed by atoms with Crippen molar-refractivity contribution in [1.82, 2.24) is 15.1 Å². The van der Waals surface area contributed by atoms with E-state index in [0.717, 1.165) is 32.6 Å². The van der Waals surface area contributed by atoms with Crippen molar-refractivity contribution in [3.8, 4) is 0 Å². The first-order chi connectivity index (χ1) is 13.3. The van der Waals surface area contributed by atoms with E-state index in [9.17, 15) is 4.79 Å². The highest BCUT2D eigenvalue weighted by atomic mass is 16.1. The lowest BCUT2D eigenvalue weighted by molar-refractivity contribution is -0.134. The maximum absolute atomic E-state index is 12.5. The minimum Gasteiger partial charge on any atom is -0.313 e. The fraction of sp³-hybridized carbons (Fsp3) is 0.435. The third-order valence-electron chi connectivity index (χ3n) is 5.98. The zero-order valence-electron chi connectivity index (χ0n) is 16.1. The van der Waals surface area contributed by atoms with Crippen molar-refractivity contribution in [1.29, 1.82) is 0 Å². The van der Waals surface area contributed by atoms with Gasteiger partial charge in [-0.2, -0.15) is 0 Å². The van der Waals surface area contributed by atoms with Gasteiger partial charge < -0.3 is 5.32 Å². The number of benzene rings is 2. The Balaban J connectivity index is 1.64. The van der Waals surface area contributed by atoms with Crippen LogP contribution in [0.15, 0.2) is 60.7 Å². The van der Waals surface area contributed by atoms with Gasteiger partial charge in [-0.25, -0.2) is 0 Å². The summed E-state index contributed by atoms with van der Waals surface area (Å²) in [5, 5.41) is 3.41. The van der Waals surface area contributed by atoms with Crippen LogP contribution in [0.5, 0.6) is 0 Å². The zero-order chi connectivity index (χ0) is 18.6. The van der Waals surface area contributed by atoms with E-state index < -0.39 is 0 Å². The highest BCUT2D eigenvalue weighted by Crippen LogP contribution is 2.37. The first-order valence-electron chi connectivity index (χ1n) is 10.1. The predicted molar refractivity (Wildman–Crippen MR) is 108 cm³/mol. The van der Waals surface area contributed by atoms with E-state index in [1.54, 1.807) is 0 Å². The molecule has 2 heterocycles. The van der Waals surface area contributed by atoms with Crippen LogP contribution in [0.1, 0.15) is 36.9 Å². The number of piperazine rings is 1. The maximum Gasteiger partial charge on any atom is 0.151 e. The molecule has 2 fully saturated rings. The fourth-order valence-corrected chi connectivity index (χ4v) is 4.51. The van der Waals surface area contributed by atoms with Crippen molar-refractivity contribution in [3.63, 3.8) is 0 Å². The summed E-state index contributed by atoms with van der Waals surface area (Å²) in [6, 6.07) is 21.8. The van der Waals surface area contributed by atoms with Crippen LogP contribution in [0.4, 0.5) is 0 Å². The Morgan fingerprint density at radius 2 is 1.67 bits per heavy atom. The topological polar surface area (TPSA) is 35.6 Å². The Morgan fingerprint density at radius 1 is 1.04 bits per heavy atom. The van der Waals surface area contributed by atoms with Gasteiger partial charge in [-0.3, -0.25) is 14.6 Å². The lowest BCUT2D eigenvalue weighted by Crippen LogP contribution is -2.67. The average Bonchev–Trinajstić information content (AvgIpc) is 2.72. The number of Topliss-reactive ketones (excluding diaryl/α,β-unsaturated/α-hetero) is 1. The van der Waals surface area contributed by atoms with Crippen LogP contribution in [0.25, 0.3) is 0 Å². The van der Waals surface area contributed by atoms with Gasteiger partial charge in [0.25, 0.3) is 0 Å². The van der Waals surface area contributed by atoms with Crippen LogP contribution < -0.4 is 5.32 Å². The largest absolute Gasteiger partial charge is 0.313 e. The van der Waals surface area contributed by atoms with Crippen LogP contribution >= 0.6 is 0 Å². The Bertz CT molecular complexity index is 709. The number of rotatable bonds is 6. The van der Waals surface area contributed by atoms with E-state index in [1.165, 1.54) is 11.1 Å². The summed E-state index contributed by atoms with van der Waals surface area (Å²) >= 11 is 0. The molecule has 27 heavy (non-hydrogen) atoms. The summed E-state index contributed by atoms with van der Waals surface area (Å²) in [5.41, 5.74) is 2.64. The molecule has 1 N–H and O–H groups in total. The maximum atomic E-state index is 12.5. The van der Waals surface area contributed by atoms with Gasteiger partial charge >= 0.3 is 0 Å². The Kier molecular flexibility index (Phi) is 5.67. The molecule has 0 bridgehead atoms. The molecule has 0 saturated carbocycles. The van der Waals surface area contributed by atoms with E-state index in [0.29, 0.717) is 18.4 Å². The van der Waals surface area contributed by atoms with Crippen molar-refractivity contribution >= 4 is 5.78 Å². The molecular formula is C23H29N3O. The Hall–Kier alpha value is -2.01. The number of hydrogen-bond donors (Lipinski definition) is 1. The van der Waals surface area contributed by atoms with E-state index >= 15 is 0 Å². The molecule has 2 aromatic carbocycles. The summed E-state index contributed by atoms with van der Waals surface area (Å²) < 4.78 is 0. The first-order valence-corrected chi connectivity index (χ1v) is 10.1. The number of ketones is 1. The molecule has 0 aromatic heterocycles. The van der Waals surface area contributed by atoms with Gasteiger partial charge in [0.2, 0.25) is 0 Å².